The first-order chi connectivity index (χ1) is 14.2. The minimum atomic E-state index is -4.11. The molecule has 2 heterocycles. The van der Waals surface area contributed by atoms with Gasteiger partial charge in [-0.1, -0.05) is 29.8 Å². The van der Waals surface area contributed by atoms with Crippen molar-refractivity contribution >= 4 is 38.5 Å². The van der Waals surface area contributed by atoms with Crippen LogP contribution in [0.4, 0.5) is 10.1 Å². The summed E-state index contributed by atoms with van der Waals surface area (Å²) in [6.07, 6.45) is 0. The van der Waals surface area contributed by atoms with E-state index < -0.39 is 21.1 Å². The van der Waals surface area contributed by atoms with Gasteiger partial charge in [0.25, 0.3) is 10.0 Å². The summed E-state index contributed by atoms with van der Waals surface area (Å²) in [5.41, 5.74) is -0.246. The summed E-state index contributed by atoms with van der Waals surface area (Å²) >= 11 is 6.27. The number of aromatic amines is 2. The first kappa shape index (κ1) is 19.8. The molecule has 30 heavy (non-hydrogen) atoms. The zero-order valence-electron chi connectivity index (χ0n) is 14.9. The minimum Gasteiger partial charge on any atom is -0.315 e. The average molecular weight is 447 g/mol. The number of anilines is 1. The van der Waals surface area contributed by atoms with Gasteiger partial charge < -0.3 is 9.97 Å². The fourth-order valence-electron chi connectivity index (χ4n) is 2.78. The molecule has 0 unspecified atom stereocenters. The van der Waals surface area contributed by atoms with Crippen molar-refractivity contribution in [2.75, 3.05) is 4.72 Å². The minimum absolute atomic E-state index is 0.0767. The quantitative estimate of drug-likeness (QED) is 0.416. The molecule has 4 rings (SSSR count). The molecule has 0 aliphatic rings. The molecule has 0 aliphatic carbocycles. The maximum Gasteiger partial charge on any atom is 0.315 e. The van der Waals surface area contributed by atoms with Gasteiger partial charge in [0.2, 0.25) is 0 Å². The number of hydrogen-bond acceptors (Lipinski definition) is 5. The highest BCUT2D eigenvalue weighted by atomic mass is 35.5. The van der Waals surface area contributed by atoms with Gasteiger partial charge in [0.05, 0.1) is 16.2 Å². The summed E-state index contributed by atoms with van der Waals surface area (Å²) in [5, 5.41) is -0.105. The van der Waals surface area contributed by atoms with Gasteiger partial charge in [-0.2, -0.15) is 8.42 Å². The number of nitrogens with one attached hydrogen (secondary N) is 3. The molecule has 0 spiro atoms. The fraction of sp³-hybridized carbons (Fsp3) is 0. The van der Waals surface area contributed by atoms with E-state index in [1.54, 1.807) is 18.2 Å². The zero-order valence-corrected chi connectivity index (χ0v) is 16.5. The number of hydrogen-bond donors (Lipinski definition) is 3. The Kier molecular flexibility index (Phi) is 4.88. The summed E-state index contributed by atoms with van der Waals surface area (Å²) in [6.45, 7) is 0. The van der Waals surface area contributed by atoms with E-state index in [1.165, 1.54) is 36.4 Å². The summed E-state index contributed by atoms with van der Waals surface area (Å²) < 4.78 is 40.8. The van der Waals surface area contributed by atoms with E-state index in [-0.39, 0.29) is 32.7 Å². The standard InChI is InChI=1S/C19H12ClFN4O4S/c20-14-9-12(5-6-13(14)10-1-3-11(21)4-2-10)25-30(28,29)16-8-7-15-17(23-16)24-19(27)18(26)22-15/h1-9,25H,(H,22,26)(H,23,24,27). The third kappa shape index (κ3) is 3.82. The van der Waals surface area contributed by atoms with E-state index >= 15 is 0 Å². The Morgan fingerprint density at radius 2 is 1.63 bits per heavy atom. The van der Waals surface area contributed by atoms with Crippen molar-refractivity contribution in [3.63, 3.8) is 0 Å². The van der Waals surface area contributed by atoms with Crippen LogP contribution in [0.1, 0.15) is 0 Å². The number of nitrogens with zero attached hydrogens (tertiary/aromatic N) is 1. The van der Waals surface area contributed by atoms with Gasteiger partial charge in [0, 0.05) is 5.56 Å². The van der Waals surface area contributed by atoms with Gasteiger partial charge in [0.1, 0.15) is 5.82 Å². The Balaban J connectivity index is 1.66. The highest BCUT2D eigenvalue weighted by Gasteiger charge is 2.18. The van der Waals surface area contributed by atoms with E-state index in [0.29, 0.717) is 11.1 Å². The molecule has 4 aromatic rings. The molecule has 0 fully saturated rings. The summed E-state index contributed by atoms with van der Waals surface area (Å²) in [7, 11) is -4.11. The number of sulfonamides is 1. The van der Waals surface area contributed by atoms with E-state index in [4.69, 9.17) is 11.6 Å². The third-order valence-corrected chi connectivity index (χ3v) is 5.80. The number of benzene rings is 2. The van der Waals surface area contributed by atoms with Crippen LogP contribution in [-0.4, -0.2) is 23.4 Å². The lowest BCUT2D eigenvalue weighted by molar-refractivity contribution is 0.598. The highest BCUT2D eigenvalue weighted by molar-refractivity contribution is 7.92. The molecule has 0 atom stereocenters. The summed E-state index contributed by atoms with van der Waals surface area (Å²) in [6, 6.07) is 12.7. The van der Waals surface area contributed by atoms with Gasteiger partial charge in [-0.15, -0.1) is 0 Å². The molecule has 0 amide bonds. The number of rotatable bonds is 4. The molecule has 2 aromatic heterocycles. The molecule has 2 aromatic carbocycles. The molecule has 152 valence electrons. The lowest BCUT2D eigenvalue weighted by Crippen LogP contribution is -2.29. The molecule has 11 heteroatoms. The molecular weight excluding hydrogens is 435 g/mol. The smallest absolute Gasteiger partial charge is 0.315 e. The SMILES string of the molecule is O=c1[nH]c2ccc(S(=O)(=O)Nc3ccc(-c4ccc(F)cc4)c(Cl)c3)nc2[nH]c1=O. The Labute approximate surface area is 173 Å². The van der Waals surface area contributed by atoms with Crippen molar-refractivity contribution in [1.29, 1.82) is 0 Å². The topological polar surface area (TPSA) is 125 Å². The molecular formula is C19H12ClFN4O4S. The lowest BCUT2D eigenvalue weighted by Gasteiger charge is -2.11. The van der Waals surface area contributed by atoms with Crippen LogP contribution in [0.3, 0.4) is 0 Å². The van der Waals surface area contributed by atoms with Crippen LogP contribution in [0.25, 0.3) is 22.3 Å². The van der Waals surface area contributed by atoms with Crippen LogP contribution in [0.15, 0.2) is 69.2 Å². The molecule has 0 aliphatic heterocycles. The molecule has 0 radical (unpaired) electrons. The van der Waals surface area contributed by atoms with Crippen LogP contribution < -0.4 is 15.8 Å². The summed E-state index contributed by atoms with van der Waals surface area (Å²) in [4.78, 5) is 31.2. The van der Waals surface area contributed by atoms with Crippen molar-refractivity contribution in [1.82, 2.24) is 15.0 Å². The number of halogens is 2. The Bertz CT molecular complexity index is 1500. The predicted octanol–water partition coefficient (Wildman–Crippen LogP) is 2.87. The number of pyridine rings is 1. The van der Waals surface area contributed by atoms with E-state index in [1.807, 2.05) is 0 Å². The highest BCUT2D eigenvalue weighted by Crippen LogP contribution is 2.31. The Morgan fingerprint density at radius 1 is 0.933 bits per heavy atom. The van der Waals surface area contributed by atoms with Crippen LogP contribution in [0.2, 0.25) is 5.02 Å². The van der Waals surface area contributed by atoms with Crippen LogP contribution in [-0.2, 0) is 10.0 Å². The molecule has 0 saturated heterocycles. The normalized spacial score (nSPS) is 11.5. The fourth-order valence-corrected chi connectivity index (χ4v) is 4.07. The van der Waals surface area contributed by atoms with Crippen molar-refractivity contribution < 1.29 is 12.8 Å². The van der Waals surface area contributed by atoms with Gasteiger partial charge in [-0.25, -0.2) is 9.37 Å². The van der Waals surface area contributed by atoms with E-state index in [9.17, 15) is 22.4 Å². The van der Waals surface area contributed by atoms with Crippen molar-refractivity contribution in [3.05, 3.63) is 86.1 Å². The number of aromatic nitrogens is 3. The molecule has 0 bridgehead atoms. The predicted molar refractivity (Wildman–Crippen MR) is 111 cm³/mol. The van der Waals surface area contributed by atoms with E-state index in [2.05, 4.69) is 19.7 Å². The largest absolute Gasteiger partial charge is 0.315 e. The van der Waals surface area contributed by atoms with Crippen molar-refractivity contribution in [2.45, 2.75) is 5.03 Å². The lowest BCUT2D eigenvalue weighted by atomic mass is 10.1. The van der Waals surface area contributed by atoms with Gasteiger partial charge in [0.15, 0.2) is 10.7 Å². The second kappa shape index (κ2) is 7.39. The zero-order chi connectivity index (χ0) is 21.5. The Hall–Kier alpha value is -3.50. The van der Waals surface area contributed by atoms with Gasteiger partial charge in [-0.3, -0.25) is 14.3 Å². The number of fused-ring (bicyclic) bond motifs is 1. The van der Waals surface area contributed by atoms with Gasteiger partial charge in [-0.05, 0) is 42.0 Å². The van der Waals surface area contributed by atoms with E-state index in [0.717, 1.165) is 0 Å². The Morgan fingerprint density at radius 3 is 2.33 bits per heavy atom. The first-order valence-corrected chi connectivity index (χ1v) is 10.3. The van der Waals surface area contributed by atoms with Crippen molar-refractivity contribution in [2.24, 2.45) is 0 Å². The second-order valence-corrected chi connectivity index (χ2v) is 8.30. The molecule has 3 N–H and O–H groups in total. The van der Waals surface area contributed by atoms with Crippen LogP contribution >= 0.6 is 11.6 Å². The number of H-pyrrole nitrogens is 2. The third-order valence-electron chi connectivity index (χ3n) is 4.21. The second-order valence-electron chi connectivity index (χ2n) is 6.26. The molecule has 8 nitrogen and oxygen atoms in total. The van der Waals surface area contributed by atoms with Crippen LogP contribution in [0.5, 0.6) is 0 Å². The summed E-state index contributed by atoms with van der Waals surface area (Å²) in [5.74, 6) is -0.382. The first-order valence-electron chi connectivity index (χ1n) is 8.45. The maximum atomic E-state index is 13.1. The van der Waals surface area contributed by atoms with Crippen LogP contribution in [0, 0.1) is 5.82 Å². The monoisotopic (exact) mass is 446 g/mol. The van der Waals surface area contributed by atoms with Gasteiger partial charge >= 0.3 is 11.1 Å². The molecule has 0 saturated carbocycles. The maximum absolute atomic E-state index is 13.1. The van der Waals surface area contributed by atoms with Crippen molar-refractivity contribution in [3.8, 4) is 11.1 Å². The average Bonchev–Trinajstić information content (AvgIpc) is 2.69.